The molecule has 0 aromatic heterocycles. The molecule has 1 aromatic carbocycles. The van der Waals surface area contributed by atoms with Gasteiger partial charge in [-0.1, -0.05) is 32.0 Å². The Hall–Kier alpha value is -0.980. The predicted octanol–water partition coefficient (Wildman–Crippen LogP) is 2.81. The Morgan fingerprint density at radius 2 is 2.05 bits per heavy atom. The highest BCUT2D eigenvalue weighted by Crippen LogP contribution is 2.17. The summed E-state index contributed by atoms with van der Waals surface area (Å²) in [4.78, 5) is 4.27. The number of para-hydroxylation sites is 1. The number of rotatable bonds is 7. The molecular formula is C15H26IN3O. The summed E-state index contributed by atoms with van der Waals surface area (Å²) in [5.41, 5.74) is 6.98. The summed E-state index contributed by atoms with van der Waals surface area (Å²) in [6.45, 7) is 8.43. The second kappa shape index (κ2) is 10.8. The van der Waals surface area contributed by atoms with E-state index in [0.717, 1.165) is 25.3 Å². The summed E-state index contributed by atoms with van der Waals surface area (Å²) in [5, 5.41) is 3.13. The van der Waals surface area contributed by atoms with Gasteiger partial charge in [-0.05, 0) is 30.9 Å². The molecule has 4 nitrogen and oxygen atoms in total. The van der Waals surface area contributed by atoms with E-state index >= 15 is 0 Å². The summed E-state index contributed by atoms with van der Waals surface area (Å²) in [6, 6.07) is 8.08. The van der Waals surface area contributed by atoms with E-state index in [-0.39, 0.29) is 24.0 Å². The molecule has 0 aliphatic carbocycles. The lowest BCUT2D eigenvalue weighted by atomic mass is 10.1. The van der Waals surface area contributed by atoms with E-state index in [2.05, 4.69) is 30.2 Å². The maximum atomic E-state index is 5.79. The Kier molecular flexibility index (Phi) is 10.2. The number of benzene rings is 1. The summed E-state index contributed by atoms with van der Waals surface area (Å²) in [5.74, 6) is 1.99. The lowest BCUT2D eigenvalue weighted by molar-refractivity contribution is 0.336. The van der Waals surface area contributed by atoms with Crippen LogP contribution in [0.3, 0.4) is 0 Å². The van der Waals surface area contributed by atoms with Crippen molar-refractivity contribution < 1.29 is 4.74 Å². The summed E-state index contributed by atoms with van der Waals surface area (Å²) in [7, 11) is 0. The minimum Gasteiger partial charge on any atom is -0.494 e. The Balaban J connectivity index is 0.00000361. The van der Waals surface area contributed by atoms with Crippen LogP contribution >= 0.6 is 24.0 Å². The van der Waals surface area contributed by atoms with Gasteiger partial charge in [0.25, 0.3) is 0 Å². The van der Waals surface area contributed by atoms with Crippen LogP contribution in [0.15, 0.2) is 29.3 Å². The van der Waals surface area contributed by atoms with Gasteiger partial charge < -0.3 is 15.8 Å². The third-order valence-corrected chi connectivity index (χ3v) is 2.60. The summed E-state index contributed by atoms with van der Waals surface area (Å²) < 4.78 is 5.58. The molecule has 1 rings (SSSR count). The largest absolute Gasteiger partial charge is 0.494 e. The first-order valence-corrected chi connectivity index (χ1v) is 6.88. The van der Waals surface area contributed by atoms with Crippen LogP contribution in [0.4, 0.5) is 0 Å². The standard InChI is InChI=1S/C15H25N3O.HI/c1-4-19-14-8-6-5-7-13(14)9-10-17-15(16)18-11-12(2)3;/h5-8,12H,4,9-11H2,1-3H3,(H3,16,17,18);1H. The number of nitrogens with two attached hydrogens (primary N) is 1. The van der Waals surface area contributed by atoms with Gasteiger partial charge in [0.15, 0.2) is 5.96 Å². The molecule has 1 aromatic rings. The van der Waals surface area contributed by atoms with E-state index in [9.17, 15) is 0 Å². The lowest BCUT2D eigenvalue weighted by Gasteiger charge is -2.11. The molecule has 0 saturated heterocycles. The van der Waals surface area contributed by atoms with Gasteiger partial charge in [0.1, 0.15) is 5.75 Å². The Morgan fingerprint density at radius 1 is 1.35 bits per heavy atom. The average Bonchev–Trinajstić information content (AvgIpc) is 2.39. The Labute approximate surface area is 139 Å². The molecule has 5 heteroatoms. The number of hydrogen-bond acceptors (Lipinski definition) is 2. The average molecular weight is 391 g/mol. The highest BCUT2D eigenvalue weighted by molar-refractivity contribution is 14.0. The van der Waals surface area contributed by atoms with E-state index in [1.165, 1.54) is 5.56 Å². The number of aliphatic imine (C=N–C) groups is 1. The van der Waals surface area contributed by atoms with Crippen LogP contribution in [0.2, 0.25) is 0 Å². The molecule has 0 bridgehead atoms. The molecule has 0 amide bonds. The molecule has 0 fully saturated rings. The first-order chi connectivity index (χ1) is 9.13. The predicted molar refractivity (Wildman–Crippen MR) is 96.1 cm³/mol. The van der Waals surface area contributed by atoms with Gasteiger partial charge in [0, 0.05) is 13.1 Å². The van der Waals surface area contributed by atoms with Crippen LogP contribution < -0.4 is 15.8 Å². The molecule has 0 atom stereocenters. The van der Waals surface area contributed by atoms with Gasteiger partial charge in [-0.15, -0.1) is 24.0 Å². The van der Waals surface area contributed by atoms with Gasteiger partial charge in [-0.2, -0.15) is 0 Å². The third-order valence-electron chi connectivity index (χ3n) is 2.60. The quantitative estimate of drug-likeness (QED) is 0.427. The fourth-order valence-electron chi connectivity index (χ4n) is 1.67. The highest BCUT2D eigenvalue weighted by atomic mass is 127. The van der Waals surface area contributed by atoms with Crippen molar-refractivity contribution in [3.63, 3.8) is 0 Å². The summed E-state index contributed by atoms with van der Waals surface area (Å²) in [6.07, 6.45) is 0.869. The number of hydrogen-bond donors (Lipinski definition) is 2. The second-order valence-electron chi connectivity index (χ2n) is 4.84. The third kappa shape index (κ3) is 7.57. The number of ether oxygens (including phenoxy) is 1. The number of halogens is 1. The molecule has 0 unspecified atom stereocenters. The van der Waals surface area contributed by atoms with Crippen molar-refractivity contribution >= 4 is 29.9 Å². The van der Waals surface area contributed by atoms with Crippen LogP contribution in [-0.4, -0.2) is 25.7 Å². The van der Waals surface area contributed by atoms with E-state index in [4.69, 9.17) is 10.5 Å². The molecule has 0 spiro atoms. The Morgan fingerprint density at radius 3 is 2.70 bits per heavy atom. The Bertz CT molecular complexity index is 408. The van der Waals surface area contributed by atoms with Crippen molar-refractivity contribution in [3.05, 3.63) is 29.8 Å². The highest BCUT2D eigenvalue weighted by Gasteiger charge is 2.02. The van der Waals surface area contributed by atoms with Crippen LogP contribution in [0, 0.1) is 5.92 Å². The van der Waals surface area contributed by atoms with E-state index in [1.54, 1.807) is 0 Å². The SMILES string of the molecule is CCOc1ccccc1CCNC(N)=NCC(C)C.I. The minimum atomic E-state index is 0. The van der Waals surface area contributed by atoms with Crippen molar-refractivity contribution in [2.75, 3.05) is 19.7 Å². The van der Waals surface area contributed by atoms with Crippen LogP contribution in [0.1, 0.15) is 26.3 Å². The lowest BCUT2D eigenvalue weighted by Crippen LogP contribution is -2.33. The van der Waals surface area contributed by atoms with Crippen LogP contribution in [0.25, 0.3) is 0 Å². The topological polar surface area (TPSA) is 59.6 Å². The smallest absolute Gasteiger partial charge is 0.188 e. The maximum Gasteiger partial charge on any atom is 0.188 e. The zero-order valence-corrected chi connectivity index (χ0v) is 14.9. The van der Waals surface area contributed by atoms with E-state index < -0.39 is 0 Å². The zero-order chi connectivity index (χ0) is 14.1. The van der Waals surface area contributed by atoms with Gasteiger partial charge in [-0.25, -0.2) is 0 Å². The molecule has 0 radical (unpaired) electrons. The zero-order valence-electron chi connectivity index (χ0n) is 12.6. The van der Waals surface area contributed by atoms with Gasteiger partial charge >= 0.3 is 0 Å². The van der Waals surface area contributed by atoms with Gasteiger partial charge in [0.2, 0.25) is 0 Å². The number of nitrogens with one attached hydrogen (secondary N) is 1. The van der Waals surface area contributed by atoms with Crippen molar-refractivity contribution in [1.82, 2.24) is 5.32 Å². The summed E-state index contributed by atoms with van der Waals surface area (Å²) >= 11 is 0. The van der Waals surface area contributed by atoms with Crippen molar-refractivity contribution in [3.8, 4) is 5.75 Å². The molecule has 20 heavy (non-hydrogen) atoms. The maximum absolute atomic E-state index is 5.79. The van der Waals surface area contributed by atoms with E-state index in [1.807, 2.05) is 25.1 Å². The number of nitrogens with zero attached hydrogens (tertiary/aromatic N) is 1. The molecule has 0 aliphatic heterocycles. The monoisotopic (exact) mass is 391 g/mol. The first kappa shape index (κ1) is 19.0. The normalized spacial score (nSPS) is 11.1. The fourth-order valence-corrected chi connectivity index (χ4v) is 1.67. The van der Waals surface area contributed by atoms with Crippen LogP contribution in [-0.2, 0) is 6.42 Å². The van der Waals surface area contributed by atoms with Crippen molar-refractivity contribution in [1.29, 1.82) is 0 Å². The van der Waals surface area contributed by atoms with Crippen molar-refractivity contribution in [2.24, 2.45) is 16.6 Å². The molecule has 0 saturated carbocycles. The molecule has 114 valence electrons. The second-order valence-corrected chi connectivity index (χ2v) is 4.84. The number of guanidine groups is 1. The molecule has 0 aliphatic rings. The van der Waals surface area contributed by atoms with Crippen molar-refractivity contribution in [2.45, 2.75) is 27.2 Å². The van der Waals surface area contributed by atoms with Crippen LogP contribution in [0.5, 0.6) is 5.75 Å². The molecule has 3 N–H and O–H groups in total. The van der Waals surface area contributed by atoms with E-state index in [0.29, 0.717) is 18.5 Å². The van der Waals surface area contributed by atoms with Gasteiger partial charge in [0.05, 0.1) is 6.61 Å². The van der Waals surface area contributed by atoms with Gasteiger partial charge in [-0.3, -0.25) is 4.99 Å². The molecule has 0 heterocycles. The fraction of sp³-hybridized carbons (Fsp3) is 0.533. The minimum absolute atomic E-state index is 0. The molecular weight excluding hydrogens is 365 g/mol. The first-order valence-electron chi connectivity index (χ1n) is 6.88.